The summed E-state index contributed by atoms with van der Waals surface area (Å²) >= 11 is 8.92. The van der Waals surface area contributed by atoms with Crippen molar-refractivity contribution < 1.29 is 4.79 Å². The lowest BCUT2D eigenvalue weighted by atomic mass is 10.2. The third-order valence-electron chi connectivity index (χ3n) is 1.96. The van der Waals surface area contributed by atoms with Crippen molar-refractivity contribution in [3.63, 3.8) is 0 Å². The molecule has 0 heterocycles. The Morgan fingerprint density at radius 1 is 1.35 bits per heavy atom. The molecule has 20 heavy (non-hydrogen) atoms. The first-order valence-electron chi connectivity index (χ1n) is 6.74. The van der Waals surface area contributed by atoms with E-state index in [-0.39, 0.29) is 5.78 Å². The molecule has 0 amide bonds. The third-order valence-corrected chi connectivity index (χ3v) is 2.69. The summed E-state index contributed by atoms with van der Waals surface area (Å²) in [6.45, 7) is 9.53. The van der Waals surface area contributed by atoms with Crippen LogP contribution in [0.25, 0.3) is 0 Å². The minimum atomic E-state index is 0.0555. The van der Waals surface area contributed by atoms with Crippen LogP contribution in [-0.4, -0.2) is 5.78 Å². The molecule has 1 nitrogen and oxygen atoms in total. The van der Waals surface area contributed by atoms with Crippen LogP contribution in [0.5, 0.6) is 0 Å². The zero-order valence-corrected chi connectivity index (χ0v) is 15.3. The Bertz CT molecular complexity index is 436. The summed E-state index contributed by atoms with van der Waals surface area (Å²) in [4.78, 5) is 10.4. The van der Waals surface area contributed by atoms with Crippen molar-refractivity contribution in [2.75, 3.05) is 0 Å². The zero-order valence-electron chi connectivity index (χ0n) is 12.9. The van der Waals surface area contributed by atoms with Gasteiger partial charge in [0.05, 0.1) is 0 Å². The molecular formula is C17H24BrClO. The highest BCUT2D eigenvalue weighted by Crippen LogP contribution is 2.10. The number of halogens is 2. The molecule has 0 saturated heterocycles. The summed E-state index contributed by atoms with van der Waals surface area (Å²) in [6.07, 6.45) is 6.27. The molecule has 1 aromatic rings. The van der Waals surface area contributed by atoms with Crippen LogP contribution in [0.15, 0.2) is 47.0 Å². The molecule has 0 spiro atoms. The smallest absolute Gasteiger partial charge is 0.153 e. The molecule has 0 aliphatic rings. The van der Waals surface area contributed by atoms with Gasteiger partial charge in [-0.25, -0.2) is 0 Å². The van der Waals surface area contributed by atoms with E-state index in [4.69, 9.17) is 11.6 Å². The normalized spacial score (nSPS) is 10.2. The van der Waals surface area contributed by atoms with E-state index >= 15 is 0 Å². The van der Waals surface area contributed by atoms with Crippen LogP contribution in [0.4, 0.5) is 0 Å². The summed E-state index contributed by atoms with van der Waals surface area (Å²) < 4.78 is 0.817. The van der Waals surface area contributed by atoms with Crippen LogP contribution < -0.4 is 0 Å². The van der Waals surface area contributed by atoms with Crippen LogP contribution in [0.2, 0.25) is 5.02 Å². The van der Waals surface area contributed by atoms with Crippen molar-refractivity contribution in [2.24, 2.45) is 0 Å². The molecule has 1 aromatic carbocycles. The number of aryl methyl sites for hydroxylation is 1. The molecule has 0 unspecified atom stereocenters. The monoisotopic (exact) mass is 358 g/mol. The van der Waals surface area contributed by atoms with Gasteiger partial charge in [0, 0.05) is 9.51 Å². The number of benzene rings is 1. The predicted molar refractivity (Wildman–Crippen MR) is 94.7 cm³/mol. The molecule has 0 aromatic heterocycles. The van der Waals surface area contributed by atoms with Crippen LogP contribution >= 0.6 is 27.5 Å². The molecule has 0 N–H and O–H groups in total. The lowest BCUT2D eigenvalue weighted by Crippen LogP contribution is -1.80. The quantitative estimate of drug-likeness (QED) is 0.453. The Hall–Kier alpha value is -0.860. The van der Waals surface area contributed by atoms with E-state index < -0.39 is 0 Å². The molecule has 0 radical (unpaired) electrons. The minimum Gasteiger partial charge on any atom is -0.295 e. The van der Waals surface area contributed by atoms with Gasteiger partial charge >= 0.3 is 0 Å². The van der Waals surface area contributed by atoms with Gasteiger partial charge in [0.15, 0.2) is 5.78 Å². The number of allylic oxidation sites excluding steroid dienone is 4. The maximum absolute atomic E-state index is 10.4. The fraction of sp³-hybridized carbons (Fsp3) is 0.353. The van der Waals surface area contributed by atoms with Gasteiger partial charge in [-0.15, -0.1) is 0 Å². The molecule has 112 valence electrons. The second-order valence-electron chi connectivity index (χ2n) is 3.62. The van der Waals surface area contributed by atoms with Crippen molar-refractivity contribution in [2.45, 2.75) is 41.0 Å². The molecule has 0 saturated carbocycles. The first-order valence-corrected chi connectivity index (χ1v) is 7.91. The fourth-order valence-electron chi connectivity index (χ4n) is 1.16. The number of ketones is 1. The van der Waals surface area contributed by atoms with Crippen molar-refractivity contribution in [3.8, 4) is 0 Å². The molecule has 0 bridgehead atoms. The van der Waals surface area contributed by atoms with E-state index in [1.165, 1.54) is 18.6 Å². The standard InChI is InChI=1S/C8H9Cl.C7H9BrO.C2H6/c1-2-7-4-3-5-8(9)6-7;1-3-4-7(8)5-6(2)9;1-2/h3-6H,2H2,1H3;3-5H,1-2H3;1-2H3/b;4-3-,7-5+;. The third kappa shape index (κ3) is 13.6. The zero-order chi connectivity index (χ0) is 16.0. The summed E-state index contributed by atoms with van der Waals surface area (Å²) in [5.74, 6) is 0.0555. The van der Waals surface area contributed by atoms with E-state index in [1.54, 1.807) is 0 Å². The number of rotatable bonds is 3. The molecule has 0 aliphatic heterocycles. The highest BCUT2D eigenvalue weighted by Gasteiger charge is 1.87. The first kappa shape index (κ1) is 21.4. The van der Waals surface area contributed by atoms with Gasteiger partial charge in [0.25, 0.3) is 0 Å². The first-order chi connectivity index (χ1) is 9.49. The molecular weight excluding hydrogens is 336 g/mol. The highest BCUT2D eigenvalue weighted by atomic mass is 79.9. The van der Waals surface area contributed by atoms with Crippen LogP contribution in [0, 0.1) is 0 Å². The van der Waals surface area contributed by atoms with Crippen LogP contribution in [0.3, 0.4) is 0 Å². The van der Waals surface area contributed by atoms with Crippen molar-refractivity contribution in [1.29, 1.82) is 0 Å². The molecule has 1 rings (SSSR count). The summed E-state index contributed by atoms with van der Waals surface area (Å²) in [5, 5.41) is 0.828. The maximum Gasteiger partial charge on any atom is 0.153 e. The van der Waals surface area contributed by atoms with Crippen LogP contribution in [-0.2, 0) is 11.2 Å². The van der Waals surface area contributed by atoms with Crippen molar-refractivity contribution in [3.05, 3.63) is 57.6 Å². The lowest BCUT2D eigenvalue weighted by molar-refractivity contribution is -0.112. The van der Waals surface area contributed by atoms with Crippen molar-refractivity contribution in [1.82, 2.24) is 0 Å². The van der Waals surface area contributed by atoms with E-state index in [0.29, 0.717) is 0 Å². The van der Waals surface area contributed by atoms with E-state index in [2.05, 4.69) is 28.9 Å². The number of hydrogen-bond donors (Lipinski definition) is 0. The van der Waals surface area contributed by atoms with Gasteiger partial charge in [-0.2, -0.15) is 0 Å². The summed E-state index contributed by atoms with van der Waals surface area (Å²) in [5.41, 5.74) is 1.29. The van der Waals surface area contributed by atoms with E-state index in [1.807, 2.05) is 51.1 Å². The largest absolute Gasteiger partial charge is 0.295 e. The van der Waals surface area contributed by atoms with Gasteiger partial charge in [0.1, 0.15) is 0 Å². The van der Waals surface area contributed by atoms with E-state index in [0.717, 1.165) is 15.9 Å². The second kappa shape index (κ2) is 14.5. The number of carbonyl (C=O) groups is 1. The van der Waals surface area contributed by atoms with Gasteiger partial charge in [-0.05, 0) is 44.0 Å². The highest BCUT2D eigenvalue weighted by molar-refractivity contribution is 9.11. The topological polar surface area (TPSA) is 17.1 Å². The number of hydrogen-bond acceptors (Lipinski definition) is 1. The second-order valence-corrected chi connectivity index (χ2v) is 4.98. The average molecular weight is 360 g/mol. The maximum atomic E-state index is 10.4. The van der Waals surface area contributed by atoms with E-state index in [9.17, 15) is 4.79 Å². The fourth-order valence-corrected chi connectivity index (χ4v) is 1.96. The van der Waals surface area contributed by atoms with Gasteiger partial charge in [0.2, 0.25) is 0 Å². The van der Waals surface area contributed by atoms with Crippen molar-refractivity contribution >= 4 is 33.3 Å². The predicted octanol–water partition coefficient (Wildman–Crippen LogP) is 6.36. The molecule has 3 heteroatoms. The van der Waals surface area contributed by atoms with Crippen LogP contribution in [0.1, 0.15) is 40.2 Å². The Balaban J connectivity index is 0. The van der Waals surface area contributed by atoms with Gasteiger partial charge < -0.3 is 0 Å². The Morgan fingerprint density at radius 2 is 1.95 bits per heavy atom. The Morgan fingerprint density at radius 3 is 2.30 bits per heavy atom. The summed E-state index contributed by atoms with van der Waals surface area (Å²) in [7, 11) is 0. The SMILES string of the molecule is C/C=C\C(Br)=C/C(C)=O.CC.CCc1cccc(Cl)c1. The average Bonchev–Trinajstić information content (AvgIpc) is 2.41. The minimum absolute atomic E-state index is 0.0555. The molecule has 0 fully saturated rings. The Kier molecular flexibility index (Phi) is 15.6. The molecule has 0 atom stereocenters. The lowest BCUT2D eigenvalue weighted by Gasteiger charge is -1.93. The summed E-state index contributed by atoms with van der Waals surface area (Å²) in [6, 6.07) is 7.93. The van der Waals surface area contributed by atoms with Gasteiger partial charge in [-0.1, -0.05) is 72.6 Å². The number of carbonyl (C=O) groups excluding carboxylic acids is 1. The Labute approximate surface area is 136 Å². The molecule has 0 aliphatic carbocycles. The van der Waals surface area contributed by atoms with Gasteiger partial charge in [-0.3, -0.25) is 4.79 Å².